The number of nitrogens with zero attached hydrogens (tertiary/aromatic N) is 4. The maximum Gasteiger partial charge on any atom is 0.312 e. The van der Waals surface area contributed by atoms with Gasteiger partial charge >= 0.3 is 5.69 Å². The van der Waals surface area contributed by atoms with Crippen molar-refractivity contribution in [3.05, 3.63) is 52.6 Å². The summed E-state index contributed by atoms with van der Waals surface area (Å²) in [6, 6.07) is 11.3. The van der Waals surface area contributed by atoms with Crippen molar-refractivity contribution in [3.63, 3.8) is 0 Å². The van der Waals surface area contributed by atoms with Crippen LogP contribution in [0.15, 0.2) is 42.5 Å². The van der Waals surface area contributed by atoms with E-state index in [1.54, 1.807) is 12.1 Å². The molecule has 0 amide bonds. The molecule has 0 bridgehead atoms. The molecule has 0 aliphatic carbocycles. The molecule has 2 aromatic carbocycles. The topological polar surface area (TPSA) is 94.1 Å². The fourth-order valence-electron chi connectivity index (χ4n) is 1.76. The van der Waals surface area contributed by atoms with Crippen LogP contribution in [0, 0.1) is 10.1 Å². The zero-order valence-electron chi connectivity index (χ0n) is 9.59. The molecule has 7 nitrogen and oxygen atoms in total. The summed E-state index contributed by atoms with van der Waals surface area (Å²) in [6.45, 7) is 0. The van der Waals surface area contributed by atoms with Gasteiger partial charge in [0, 0.05) is 6.07 Å². The standard InChI is InChI=1S/C12H8N4O3/c17-12-6-5-8(7-11(12)16(18)19)15-13-9-3-1-2-4-10(9)14-15/h1-7,17H. The molecular weight excluding hydrogens is 248 g/mol. The van der Waals surface area contributed by atoms with E-state index in [1.807, 2.05) is 12.1 Å². The van der Waals surface area contributed by atoms with Crippen LogP contribution in [0.5, 0.6) is 5.75 Å². The van der Waals surface area contributed by atoms with Crippen molar-refractivity contribution in [2.45, 2.75) is 0 Å². The lowest BCUT2D eigenvalue weighted by molar-refractivity contribution is -0.385. The van der Waals surface area contributed by atoms with E-state index in [-0.39, 0.29) is 11.4 Å². The van der Waals surface area contributed by atoms with E-state index >= 15 is 0 Å². The number of fused-ring (bicyclic) bond motifs is 1. The summed E-state index contributed by atoms with van der Waals surface area (Å²) in [5, 5.41) is 28.6. The Morgan fingerprint density at radius 1 is 1.11 bits per heavy atom. The molecule has 0 atom stereocenters. The molecule has 7 heteroatoms. The fraction of sp³-hybridized carbons (Fsp3) is 0. The second kappa shape index (κ2) is 4.05. The number of benzene rings is 2. The summed E-state index contributed by atoms with van der Waals surface area (Å²) in [6.07, 6.45) is 0. The van der Waals surface area contributed by atoms with Gasteiger partial charge in [-0.3, -0.25) is 10.1 Å². The highest BCUT2D eigenvalue weighted by Gasteiger charge is 2.15. The van der Waals surface area contributed by atoms with Crippen LogP contribution in [0.2, 0.25) is 0 Å². The Morgan fingerprint density at radius 2 is 1.74 bits per heavy atom. The normalized spacial score (nSPS) is 10.7. The second-order valence-corrected chi connectivity index (χ2v) is 3.91. The molecular formula is C12H8N4O3. The quantitative estimate of drug-likeness (QED) is 0.559. The smallest absolute Gasteiger partial charge is 0.312 e. The van der Waals surface area contributed by atoms with Gasteiger partial charge in [-0.25, -0.2) is 0 Å². The first kappa shape index (κ1) is 11.1. The van der Waals surface area contributed by atoms with Crippen LogP contribution in [0.1, 0.15) is 0 Å². The third-order valence-corrected chi connectivity index (χ3v) is 2.67. The van der Waals surface area contributed by atoms with Crippen molar-refractivity contribution in [1.29, 1.82) is 0 Å². The minimum absolute atomic E-state index is 0.376. The van der Waals surface area contributed by atoms with Crippen molar-refractivity contribution in [1.82, 2.24) is 15.0 Å². The first-order chi connectivity index (χ1) is 9.15. The predicted molar refractivity (Wildman–Crippen MR) is 67.2 cm³/mol. The van der Waals surface area contributed by atoms with E-state index in [2.05, 4.69) is 10.2 Å². The molecule has 0 spiro atoms. The fourth-order valence-corrected chi connectivity index (χ4v) is 1.76. The Kier molecular flexibility index (Phi) is 2.38. The van der Waals surface area contributed by atoms with Gasteiger partial charge in [-0.15, -0.1) is 10.2 Å². The van der Waals surface area contributed by atoms with Gasteiger partial charge in [0.15, 0.2) is 5.75 Å². The molecule has 3 rings (SSSR count). The Balaban J connectivity index is 2.16. The lowest BCUT2D eigenvalue weighted by atomic mass is 10.2. The number of hydrogen-bond acceptors (Lipinski definition) is 5. The molecule has 1 aromatic heterocycles. The number of rotatable bonds is 2. The minimum atomic E-state index is -0.651. The van der Waals surface area contributed by atoms with E-state index in [1.165, 1.54) is 23.0 Å². The van der Waals surface area contributed by atoms with Crippen molar-refractivity contribution < 1.29 is 10.0 Å². The summed E-state index contributed by atoms with van der Waals surface area (Å²) in [7, 11) is 0. The third kappa shape index (κ3) is 1.86. The van der Waals surface area contributed by atoms with Crippen molar-refractivity contribution in [2.24, 2.45) is 0 Å². The van der Waals surface area contributed by atoms with Gasteiger partial charge in [-0.2, -0.15) is 4.80 Å². The second-order valence-electron chi connectivity index (χ2n) is 3.91. The average molecular weight is 256 g/mol. The Bertz CT molecular complexity index is 748. The average Bonchev–Trinajstić information content (AvgIpc) is 2.82. The first-order valence-electron chi connectivity index (χ1n) is 5.45. The molecule has 0 radical (unpaired) electrons. The molecule has 0 unspecified atom stereocenters. The van der Waals surface area contributed by atoms with Crippen LogP contribution in [-0.4, -0.2) is 25.0 Å². The minimum Gasteiger partial charge on any atom is -0.502 e. The number of phenolic OH excluding ortho intramolecular Hbond substituents is 1. The Labute approximate surface area is 106 Å². The van der Waals surface area contributed by atoms with E-state index in [9.17, 15) is 15.2 Å². The molecule has 19 heavy (non-hydrogen) atoms. The van der Waals surface area contributed by atoms with Gasteiger partial charge in [0.1, 0.15) is 11.0 Å². The maximum absolute atomic E-state index is 10.8. The van der Waals surface area contributed by atoms with Crippen molar-refractivity contribution >= 4 is 16.7 Å². The largest absolute Gasteiger partial charge is 0.502 e. The highest BCUT2D eigenvalue weighted by atomic mass is 16.6. The molecule has 3 aromatic rings. The van der Waals surface area contributed by atoms with Crippen LogP contribution >= 0.6 is 0 Å². The van der Waals surface area contributed by atoms with Gasteiger partial charge in [-0.05, 0) is 24.3 Å². The Hall–Kier alpha value is -2.96. The summed E-state index contributed by atoms with van der Waals surface area (Å²) in [4.78, 5) is 11.4. The van der Waals surface area contributed by atoms with E-state index in [0.29, 0.717) is 16.7 Å². The third-order valence-electron chi connectivity index (χ3n) is 2.67. The van der Waals surface area contributed by atoms with Crippen LogP contribution < -0.4 is 0 Å². The van der Waals surface area contributed by atoms with Gasteiger partial charge in [0.05, 0.1) is 10.6 Å². The van der Waals surface area contributed by atoms with Crippen molar-refractivity contribution in [2.75, 3.05) is 0 Å². The molecule has 0 fully saturated rings. The van der Waals surface area contributed by atoms with Crippen LogP contribution in [0.25, 0.3) is 16.7 Å². The van der Waals surface area contributed by atoms with E-state index in [4.69, 9.17) is 0 Å². The number of aromatic hydroxyl groups is 1. The van der Waals surface area contributed by atoms with Gasteiger partial charge in [0.2, 0.25) is 0 Å². The van der Waals surface area contributed by atoms with Gasteiger partial charge < -0.3 is 5.11 Å². The summed E-state index contributed by atoms with van der Waals surface area (Å²) >= 11 is 0. The zero-order chi connectivity index (χ0) is 13.4. The summed E-state index contributed by atoms with van der Waals surface area (Å²) < 4.78 is 0. The number of hydrogen-bond donors (Lipinski definition) is 1. The van der Waals surface area contributed by atoms with Crippen molar-refractivity contribution in [3.8, 4) is 11.4 Å². The van der Waals surface area contributed by atoms with E-state index in [0.717, 1.165) is 0 Å². The summed E-state index contributed by atoms with van der Waals surface area (Å²) in [5.41, 5.74) is 1.43. The molecule has 0 aliphatic rings. The van der Waals surface area contributed by atoms with Crippen LogP contribution in [0.3, 0.4) is 0 Å². The van der Waals surface area contributed by atoms with Crippen LogP contribution in [-0.2, 0) is 0 Å². The number of nitro benzene ring substituents is 1. The van der Waals surface area contributed by atoms with Gasteiger partial charge in [-0.1, -0.05) is 12.1 Å². The van der Waals surface area contributed by atoms with Gasteiger partial charge in [0.25, 0.3) is 0 Å². The zero-order valence-corrected chi connectivity index (χ0v) is 9.59. The van der Waals surface area contributed by atoms with Crippen LogP contribution in [0.4, 0.5) is 5.69 Å². The molecule has 0 saturated heterocycles. The molecule has 0 aliphatic heterocycles. The highest BCUT2D eigenvalue weighted by molar-refractivity contribution is 5.73. The number of phenols is 1. The maximum atomic E-state index is 10.8. The SMILES string of the molecule is O=[N+]([O-])c1cc(-n2nc3ccccc3n2)ccc1O. The monoisotopic (exact) mass is 256 g/mol. The molecule has 94 valence electrons. The Morgan fingerprint density at radius 3 is 2.32 bits per heavy atom. The highest BCUT2D eigenvalue weighted by Crippen LogP contribution is 2.27. The first-order valence-corrected chi connectivity index (χ1v) is 5.45. The number of nitro groups is 1. The lowest BCUT2D eigenvalue weighted by Crippen LogP contribution is -1.99. The van der Waals surface area contributed by atoms with E-state index < -0.39 is 4.92 Å². The molecule has 1 N–H and O–H groups in total. The number of aromatic nitrogens is 3. The predicted octanol–water partition coefficient (Wildman–Crippen LogP) is 2.03. The molecule has 1 heterocycles. The summed E-state index contributed by atoms with van der Waals surface area (Å²) in [5.74, 6) is -0.384. The lowest BCUT2D eigenvalue weighted by Gasteiger charge is -2.00. The molecule has 0 saturated carbocycles.